The maximum atomic E-state index is 6.12. The first-order chi connectivity index (χ1) is 10.3. The van der Waals surface area contributed by atoms with Gasteiger partial charge in [0, 0.05) is 51.2 Å². The average molecular weight is 311 g/mol. The number of aromatic amines is 1. The number of fused-ring (bicyclic) bond motifs is 1. The molecule has 1 N–H and O–H groups in total. The van der Waals surface area contributed by atoms with Gasteiger partial charge in [-0.15, -0.1) is 0 Å². The lowest BCUT2D eigenvalue weighted by molar-refractivity contribution is 1.33. The van der Waals surface area contributed by atoms with Crippen LogP contribution in [0.5, 0.6) is 0 Å². The summed E-state index contributed by atoms with van der Waals surface area (Å²) in [7, 11) is 0. The molecule has 4 heteroatoms. The van der Waals surface area contributed by atoms with E-state index in [1.54, 1.807) is 11.3 Å². The van der Waals surface area contributed by atoms with Crippen molar-refractivity contribution < 1.29 is 0 Å². The summed E-state index contributed by atoms with van der Waals surface area (Å²) in [6, 6.07) is 10.2. The molecule has 0 aliphatic carbocycles. The van der Waals surface area contributed by atoms with Gasteiger partial charge in [0.1, 0.15) is 0 Å². The van der Waals surface area contributed by atoms with Gasteiger partial charge in [-0.05, 0) is 46.7 Å². The number of hydrogen-bond donors (Lipinski definition) is 1. The van der Waals surface area contributed by atoms with Crippen LogP contribution < -0.4 is 0 Å². The number of nitrogens with zero attached hydrogens (tertiary/aromatic N) is 1. The van der Waals surface area contributed by atoms with Gasteiger partial charge in [-0.25, -0.2) is 0 Å². The minimum absolute atomic E-state index is 0.741. The van der Waals surface area contributed by atoms with Crippen molar-refractivity contribution in [2.24, 2.45) is 0 Å². The lowest BCUT2D eigenvalue weighted by Crippen LogP contribution is -1.82. The van der Waals surface area contributed by atoms with Crippen LogP contribution in [0.15, 0.2) is 59.7 Å². The molecule has 3 heterocycles. The fourth-order valence-electron chi connectivity index (χ4n) is 2.51. The molecule has 21 heavy (non-hydrogen) atoms. The SMILES string of the molecule is Clc1ccc2[nH]cc(-c3cncc(-c4ccsc4)c3)c2c1. The number of thiophene rings is 1. The van der Waals surface area contributed by atoms with E-state index in [2.05, 4.69) is 32.9 Å². The van der Waals surface area contributed by atoms with Gasteiger partial charge in [-0.1, -0.05) is 11.6 Å². The van der Waals surface area contributed by atoms with E-state index in [1.807, 2.05) is 36.8 Å². The van der Waals surface area contributed by atoms with Gasteiger partial charge >= 0.3 is 0 Å². The molecule has 0 amide bonds. The Labute approximate surface area is 131 Å². The van der Waals surface area contributed by atoms with E-state index in [0.29, 0.717) is 0 Å². The predicted octanol–water partition coefficient (Wildman–Crippen LogP) is 5.61. The van der Waals surface area contributed by atoms with Gasteiger partial charge in [-0.2, -0.15) is 11.3 Å². The molecule has 0 bridgehead atoms. The molecule has 4 aromatic rings. The van der Waals surface area contributed by atoms with Crippen LogP contribution in [0.4, 0.5) is 0 Å². The normalized spacial score (nSPS) is 11.1. The van der Waals surface area contributed by atoms with Gasteiger partial charge in [0.2, 0.25) is 0 Å². The number of aromatic nitrogens is 2. The molecule has 0 saturated heterocycles. The molecule has 0 aliphatic rings. The first-order valence-corrected chi connectivity index (χ1v) is 7.88. The monoisotopic (exact) mass is 310 g/mol. The molecule has 4 rings (SSSR count). The number of pyridine rings is 1. The molecule has 0 atom stereocenters. The van der Waals surface area contributed by atoms with Crippen molar-refractivity contribution in [2.75, 3.05) is 0 Å². The highest BCUT2D eigenvalue weighted by Gasteiger charge is 2.08. The molecule has 102 valence electrons. The zero-order chi connectivity index (χ0) is 14.2. The van der Waals surface area contributed by atoms with Gasteiger partial charge in [0.15, 0.2) is 0 Å². The molecular formula is C17H11ClN2S. The summed E-state index contributed by atoms with van der Waals surface area (Å²) < 4.78 is 0. The van der Waals surface area contributed by atoms with E-state index in [9.17, 15) is 0 Å². The van der Waals surface area contributed by atoms with Crippen LogP contribution in [0.1, 0.15) is 0 Å². The number of nitrogens with one attached hydrogen (secondary N) is 1. The van der Waals surface area contributed by atoms with E-state index in [4.69, 9.17) is 11.6 Å². The third kappa shape index (κ3) is 2.24. The Morgan fingerprint density at radius 3 is 2.76 bits per heavy atom. The second kappa shape index (κ2) is 5.02. The summed E-state index contributed by atoms with van der Waals surface area (Å²) in [6.07, 6.45) is 5.79. The predicted molar refractivity (Wildman–Crippen MR) is 89.9 cm³/mol. The minimum Gasteiger partial charge on any atom is -0.361 e. The van der Waals surface area contributed by atoms with Gasteiger partial charge in [0.05, 0.1) is 0 Å². The fraction of sp³-hybridized carbons (Fsp3) is 0. The van der Waals surface area contributed by atoms with Crippen molar-refractivity contribution in [2.45, 2.75) is 0 Å². The molecule has 0 unspecified atom stereocenters. The number of hydrogen-bond acceptors (Lipinski definition) is 2. The third-order valence-electron chi connectivity index (χ3n) is 3.55. The second-order valence-corrected chi connectivity index (χ2v) is 6.08. The first-order valence-electron chi connectivity index (χ1n) is 6.56. The smallest absolute Gasteiger partial charge is 0.0461 e. The van der Waals surface area contributed by atoms with Crippen LogP contribution in [0.25, 0.3) is 33.2 Å². The molecule has 0 fully saturated rings. The van der Waals surface area contributed by atoms with E-state index in [-0.39, 0.29) is 0 Å². The Hall–Kier alpha value is -2.10. The molecular weight excluding hydrogens is 300 g/mol. The van der Waals surface area contributed by atoms with E-state index >= 15 is 0 Å². The van der Waals surface area contributed by atoms with Crippen molar-refractivity contribution >= 4 is 33.8 Å². The van der Waals surface area contributed by atoms with Gasteiger partial charge < -0.3 is 4.98 Å². The molecule has 2 nitrogen and oxygen atoms in total. The Balaban J connectivity index is 1.89. The average Bonchev–Trinajstić information content (AvgIpc) is 3.16. The lowest BCUT2D eigenvalue weighted by Gasteiger charge is -2.03. The summed E-state index contributed by atoms with van der Waals surface area (Å²) in [5.74, 6) is 0. The first kappa shape index (κ1) is 12.6. The number of H-pyrrole nitrogens is 1. The number of rotatable bonds is 2. The highest BCUT2D eigenvalue weighted by atomic mass is 35.5. The van der Waals surface area contributed by atoms with E-state index in [0.717, 1.165) is 32.6 Å². The Morgan fingerprint density at radius 2 is 1.90 bits per heavy atom. The van der Waals surface area contributed by atoms with Crippen LogP contribution in [-0.4, -0.2) is 9.97 Å². The fourth-order valence-corrected chi connectivity index (χ4v) is 3.34. The van der Waals surface area contributed by atoms with Crippen molar-refractivity contribution in [1.82, 2.24) is 9.97 Å². The maximum Gasteiger partial charge on any atom is 0.0461 e. The Bertz CT molecular complexity index is 910. The molecule has 0 radical (unpaired) electrons. The molecule has 0 saturated carbocycles. The van der Waals surface area contributed by atoms with E-state index in [1.165, 1.54) is 5.56 Å². The second-order valence-electron chi connectivity index (χ2n) is 4.87. The van der Waals surface area contributed by atoms with Crippen LogP contribution >= 0.6 is 22.9 Å². The van der Waals surface area contributed by atoms with Gasteiger partial charge in [-0.3, -0.25) is 4.98 Å². The van der Waals surface area contributed by atoms with E-state index < -0.39 is 0 Å². The summed E-state index contributed by atoms with van der Waals surface area (Å²) in [5.41, 5.74) is 5.62. The lowest BCUT2D eigenvalue weighted by atomic mass is 10.0. The van der Waals surface area contributed by atoms with Crippen LogP contribution in [0.3, 0.4) is 0 Å². The summed E-state index contributed by atoms with van der Waals surface area (Å²) in [6.45, 7) is 0. The zero-order valence-electron chi connectivity index (χ0n) is 11.0. The molecule has 1 aromatic carbocycles. The van der Waals surface area contributed by atoms with Crippen molar-refractivity contribution in [3.05, 3.63) is 64.7 Å². The van der Waals surface area contributed by atoms with Crippen LogP contribution in [0.2, 0.25) is 5.02 Å². The highest BCUT2D eigenvalue weighted by Crippen LogP contribution is 2.32. The van der Waals surface area contributed by atoms with Crippen molar-refractivity contribution in [3.63, 3.8) is 0 Å². The molecule has 0 aliphatic heterocycles. The topological polar surface area (TPSA) is 28.7 Å². The Kier molecular flexibility index (Phi) is 3.02. The zero-order valence-corrected chi connectivity index (χ0v) is 12.6. The Morgan fingerprint density at radius 1 is 1.00 bits per heavy atom. The van der Waals surface area contributed by atoms with Crippen LogP contribution in [-0.2, 0) is 0 Å². The number of halogens is 1. The summed E-state index contributed by atoms with van der Waals surface area (Å²) in [5, 5.41) is 6.07. The third-order valence-corrected chi connectivity index (χ3v) is 4.47. The molecule has 0 spiro atoms. The summed E-state index contributed by atoms with van der Waals surface area (Å²) >= 11 is 7.81. The maximum absolute atomic E-state index is 6.12. The van der Waals surface area contributed by atoms with Gasteiger partial charge in [0.25, 0.3) is 0 Å². The van der Waals surface area contributed by atoms with Crippen LogP contribution in [0, 0.1) is 0 Å². The number of benzene rings is 1. The minimum atomic E-state index is 0.741. The quantitative estimate of drug-likeness (QED) is 0.512. The van der Waals surface area contributed by atoms with Crippen molar-refractivity contribution in [3.8, 4) is 22.3 Å². The molecule has 3 aromatic heterocycles. The van der Waals surface area contributed by atoms with Crippen molar-refractivity contribution in [1.29, 1.82) is 0 Å². The summed E-state index contributed by atoms with van der Waals surface area (Å²) in [4.78, 5) is 7.67. The highest BCUT2D eigenvalue weighted by molar-refractivity contribution is 7.08. The standard InChI is InChI=1S/C17H11ClN2S/c18-14-1-2-17-15(6-14)16(9-20-17)13-5-12(7-19-8-13)11-3-4-21-10-11/h1-10,20H. The largest absolute Gasteiger partial charge is 0.361 e.